The molecule has 270 valence electrons. The summed E-state index contributed by atoms with van der Waals surface area (Å²) in [6.45, 7) is 15.1. The van der Waals surface area contributed by atoms with Crippen LogP contribution in [0.5, 0.6) is 23.0 Å². The Balaban J connectivity index is 1.71. The number of hydrogen-bond acceptors (Lipinski definition) is 8. The minimum atomic E-state index is 0.0861. The van der Waals surface area contributed by atoms with E-state index in [-0.39, 0.29) is 23.0 Å². The van der Waals surface area contributed by atoms with Crippen LogP contribution in [0.1, 0.15) is 44.5 Å². The highest BCUT2D eigenvalue weighted by molar-refractivity contribution is 5.95. The molecule has 0 unspecified atom stereocenters. The maximum Gasteiger partial charge on any atom is 0.127 e. The highest BCUT2D eigenvalue weighted by atomic mass is 16.3. The van der Waals surface area contributed by atoms with Gasteiger partial charge in [0.1, 0.15) is 23.0 Å². The van der Waals surface area contributed by atoms with Crippen LogP contribution < -0.4 is 0 Å². The van der Waals surface area contributed by atoms with Gasteiger partial charge >= 0.3 is 0 Å². The van der Waals surface area contributed by atoms with E-state index in [0.717, 1.165) is 0 Å². The summed E-state index contributed by atoms with van der Waals surface area (Å²) in [6, 6.07) is 25.0. The van der Waals surface area contributed by atoms with Crippen LogP contribution in [0.15, 0.2) is 156 Å². The van der Waals surface area contributed by atoms with Gasteiger partial charge in [-0.15, -0.1) is 26.3 Å². The van der Waals surface area contributed by atoms with Gasteiger partial charge in [-0.1, -0.05) is 72.8 Å². The van der Waals surface area contributed by atoms with Crippen molar-refractivity contribution in [3.05, 3.63) is 180 Å². The number of rotatable bonds is 16. The van der Waals surface area contributed by atoms with Crippen LogP contribution in [0.2, 0.25) is 0 Å². The molecule has 0 saturated carbocycles. The Morgan fingerprint density at radius 1 is 0.370 bits per heavy atom. The largest absolute Gasteiger partial charge is 0.507 e. The van der Waals surface area contributed by atoms with E-state index in [1.165, 1.54) is 0 Å². The Morgan fingerprint density at radius 2 is 0.593 bits per heavy atom. The zero-order chi connectivity index (χ0) is 38.5. The first kappa shape index (κ1) is 38.2. The minimum absolute atomic E-state index is 0.0861. The molecule has 0 saturated heterocycles. The molecule has 8 nitrogen and oxygen atoms in total. The Kier molecular flexibility index (Phi) is 13.0. The second kappa shape index (κ2) is 18.4. The molecule has 5 aromatic rings. The fourth-order valence-corrected chi connectivity index (χ4v) is 5.67. The summed E-state index contributed by atoms with van der Waals surface area (Å²) < 4.78 is 0. The molecule has 0 bridgehead atoms. The van der Waals surface area contributed by atoms with Crippen molar-refractivity contribution in [2.45, 2.75) is 25.7 Å². The van der Waals surface area contributed by atoms with Crippen LogP contribution in [-0.4, -0.2) is 45.3 Å². The van der Waals surface area contributed by atoms with Crippen LogP contribution in [-0.2, 0) is 25.7 Å². The number of benzene rings is 5. The van der Waals surface area contributed by atoms with Gasteiger partial charge in [-0.3, -0.25) is 20.0 Å². The molecule has 5 rings (SSSR count). The fourth-order valence-electron chi connectivity index (χ4n) is 5.67. The molecule has 0 aliphatic heterocycles. The summed E-state index contributed by atoms with van der Waals surface area (Å²) >= 11 is 0. The van der Waals surface area contributed by atoms with Gasteiger partial charge < -0.3 is 20.4 Å². The van der Waals surface area contributed by atoms with Crippen molar-refractivity contribution >= 4 is 47.6 Å². The van der Waals surface area contributed by atoms with Gasteiger partial charge in [0.25, 0.3) is 0 Å². The van der Waals surface area contributed by atoms with Crippen molar-refractivity contribution in [1.29, 1.82) is 0 Å². The molecule has 0 amide bonds. The van der Waals surface area contributed by atoms with Crippen LogP contribution in [0, 0.1) is 0 Å². The number of phenolic OH excluding ortho intramolecular Hbond substituents is 4. The van der Waals surface area contributed by atoms with Gasteiger partial charge in [0.2, 0.25) is 0 Å². The van der Waals surface area contributed by atoms with E-state index in [0.29, 0.717) is 92.9 Å². The number of para-hydroxylation sites is 4. The predicted molar refractivity (Wildman–Crippen MR) is 223 cm³/mol. The second-order valence-corrected chi connectivity index (χ2v) is 12.3. The van der Waals surface area contributed by atoms with Crippen molar-refractivity contribution in [3.8, 4) is 23.0 Å². The van der Waals surface area contributed by atoms with Crippen LogP contribution in [0.25, 0.3) is 0 Å². The number of hydrogen-bond donors (Lipinski definition) is 4. The monoisotopic (exact) mass is 714 g/mol. The molecule has 0 aliphatic rings. The smallest absolute Gasteiger partial charge is 0.127 e. The molecular formula is C46H42N4O4. The standard InChI is InChI=1S/C46H42N4O4/c1-5-13-31-17-9-21-35(43(31)51)27-47-39-25-41(49-29-37-23-11-19-33(15-7-3)45(37)53)42(50-30-38-24-12-20-34(16-8-4)46(38)54)26-40(39)48-28-36-22-10-18-32(14-6-2)44(36)52/h5-12,17-30,51-54H,1-4,13-16H2. The van der Waals surface area contributed by atoms with Gasteiger partial charge in [-0.2, -0.15) is 0 Å². The van der Waals surface area contributed by atoms with Crippen LogP contribution in [0.4, 0.5) is 22.7 Å². The maximum absolute atomic E-state index is 11.0. The molecule has 0 radical (unpaired) electrons. The van der Waals surface area contributed by atoms with Crippen LogP contribution in [0.3, 0.4) is 0 Å². The number of aromatic hydroxyl groups is 4. The summed E-state index contributed by atoms with van der Waals surface area (Å²) in [5, 5.41) is 43.9. The lowest BCUT2D eigenvalue weighted by atomic mass is 10.1. The quantitative estimate of drug-likeness (QED) is 0.0598. The van der Waals surface area contributed by atoms with Crippen molar-refractivity contribution in [2.75, 3.05) is 0 Å². The third kappa shape index (κ3) is 9.23. The highest BCUT2D eigenvalue weighted by Gasteiger charge is 2.13. The average molecular weight is 715 g/mol. The van der Waals surface area contributed by atoms with E-state index in [1.807, 2.05) is 48.5 Å². The molecule has 5 aromatic carbocycles. The number of allylic oxidation sites excluding steroid dienone is 4. The summed E-state index contributed by atoms with van der Waals surface area (Å²) in [6.07, 6.45) is 15.0. The SMILES string of the molecule is C=CCc1cccc(C=Nc2cc(N=Cc3cccc(CC=C)c3O)c(N=Cc3cccc(CC=C)c3O)cc2N=Cc2cccc(CC=C)c2O)c1O. The lowest BCUT2D eigenvalue weighted by Crippen LogP contribution is -1.90. The average Bonchev–Trinajstić information content (AvgIpc) is 3.17. The molecule has 0 spiro atoms. The van der Waals surface area contributed by atoms with Crippen molar-refractivity contribution in [2.24, 2.45) is 20.0 Å². The summed E-state index contributed by atoms with van der Waals surface area (Å²) in [5.74, 6) is 0.344. The summed E-state index contributed by atoms with van der Waals surface area (Å²) in [4.78, 5) is 19.0. The molecule has 0 fully saturated rings. The molecule has 8 heteroatoms. The minimum Gasteiger partial charge on any atom is -0.507 e. The van der Waals surface area contributed by atoms with Gasteiger partial charge in [-0.25, -0.2) is 0 Å². The molecular weight excluding hydrogens is 673 g/mol. The zero-order valence-electron chi connectivity index (χ0n) is 29.9. The molecule has 0 atom stereocenters. The van der Waals surface area contributed by atoms with Gasteiger partial charge in [0.05, 0.1) is 22.7 Å². The Morgan fingerprint density at radius 3 is 0.796 bits per heavy atom. The van der Waals surface area contributed by atoms with Crippen LogP contribution >= 0.6 is 0 Å². The summed E-state index contributed by atoms with van der Waals surface area (Å²) in [7, 11) is 0. The lowest BCUT2D eigenvalue weighted by molar-refractivity contribution is 0.468. The molecule has 0 aromatic heterocycles. The molecule has 0 heterocycles. The van der Waals surface area contributed by atoms with E-state index in [1.54, 1.807) is 85.6 Å². The van der Waals surface area contributed by atoms with Crippen molar-refractivity contribution < 1.29 is 20.4 Å². The number of phenols is 4. The van der Waals surface area contributed by atoms with Gasteiger partial charge in [0, 0.05) is 47.1 Å². The van der Waals surface area contributed by atoms with Gasteiger partial charge in [0.15, 0.2) is 0 Å². The topological polar surface area (TPSA) is 130 Å². The Bertz CT molecular complexity index is 2000. The molecule has 54 heavy (non-hydrogen) atoms. The Labute approximate surface area is 315 Å². The Hall–Kier alpha value is -7.06. The second-order valence-electron chi connectivity index (χ2n) is 12.3. The van der Waals surface area contributed by atoms with Crippen molar-refractivity contribution in [1.82, 2.24) is 0 Å². The van der Waals surface area contributed by atoms with Crippen molar-refractivity contribution in [3.63, 3.8) is 0 Å². The highest BCUT2D eigenvalue weighted by Crippen LogP contribution is 2.41. The van der Waals surface area contributed by atoms with E-state index in [4.69, 9.17) is 20.0 Å². The fraction of sp³-hybridized carbons (Fsp3) is 0.0870. The first-order valence-electron chi connectivity index (χ1n) is 17.3. The first-order chi connectivity index (χ1) is 26.3. The maximum atomic E-state index is 11.0. The van der Waals surface area contributed by atoms with E-state index >= 15 is 0 Å². The lowest BCUT2D eigenvalue weighted by Gasteiger charge is -2.10. The number of nitrogens with zero attached hydrogens (tertiary/aromatic N) is 4. The normalized spacial score (nSPS) is 11.6. The van der Waals surface area contributed by atoms with Gasteiger partial charge in [-0.05, 0) is 84.3 Å². The predicted octanol–water partition coefficient (Wildman–Crippen LogP) is 10.4. The zero-order valence-corrected chi connectivity index (χ0v) is 29.9. The van der Waals surface area contributed by atoms with E-state index in [9.17, 15) is 20.4 Å². The third-order valence-electron chi connectivity index (χ3n) is 8.50. The number of aliphatic imine (C=N–C) groups is 4. The summed E-state index contributed by atoms with van der Waals surface area (Å²) in [5.41, 5.74) is 6.31. The first-order valence-corrected chi connectivity index (χ1v) is 17.3. The third-order valence-corrected chi connectivity index (χ3v) is 8.50. The molecule has 0 aliphatic carbocycles. The molecule has 4 N–H and O–H groups in total. The van der Waals surface area contributed by atoms with E-state index < -0.39 is 0 Å². The van der Waals surface area contributed by atoms with E-state index in [2.05, 4.69) is 26.3 Å².